The lowest BCUT2D eigenvalue weighted by Crippen LogP contribution is -2.35. The Morgan fingerprint density at radius 2 is 0.982 bits per heavy atom. The molecule has 2 aromatic rings. The highest BCUT2D eigenvalue weighted by Crippen LogP contribution is 2.34. The number of rotatable bonds is 8. The van der Waals surface area contributed by atoms with Crippen molar-refractivity contribution in [1.82, 2.24) is 0 Å². The third-order valence-electron chi connectivity index (χ3n) is 8.19. The van der Waals surface area contributed by atoms with Gasteiger partial charge in [0.2, 0.25) is 20.6 Å². The second kappa shape index (κ2) is 14.6. The fourth-order valence-corrected chi connectivity index (χ4v) is 7.81. The SMILES string of the molecule is NC1(N=Nc2ccc(C=Cc3ccc(N=NC4(N)C=CC5=CC(=S(=O)=O)C=C(O)C5=C4)cc3S(=O)(=O)O)c(S(=O)(=O)O)c2)C=CC2=CC(=S(=O)=O)C=C(O)C2=C1. The van der Waals surface area contributed by atoms with Crippen molar-refractivity contribution in [2.45, 2.75) is 21.1 Å². The van der Waals surface area contributed by atoms with Gasteiger partial charge in [-0.2, -0.15) is 54.1 Å². The Morgan fingerprint density at radius 3 is 1.32 bits per heavy atom. The van der Waals surface area contributed by atoms with Crippen LogP contribution in [0.3, 0.4) is 0 Å². The fourth-order valence-electron chi connectivity index (χ4n) is 5.54. The van der Waals surface area contributed by atoms with Gasteiger partial charge in [-0.15, -0.1) is 0 Å². The topological polar surface area (TPSA) is 319 Å². The van der Waals surface area contributed by atoms with E-state index in [0.717, 1.165) is 36.4 Å². The van der Waals surface area contributed by atoms with Gasteiger partial charge in [-0.25, -0.2) is 0 Å². The highest BCUT2D eigenvalue weighted by atomic mass is 32.2. The zero-order valence-corrected chi connectivity index (χ0v) is 31.3. The average Bonchev–Trinajstić information content (AvgIpc) is 3.12. The maximum atomic E-state index is 12.4. The van der Waals surface area contributed by atoms with Gasteiger partial charge < -0.3 is 10.2 Å². The summed E-state index contributed by atoms with van der Waals surface area (Å²) < 4.78 is 115. The van der Waals surface area contributed by atoms with E-state index in [1.807, 2.05) is 0 Å². The van der Waals surface area contributed by atoms with E-state index in [-0.39, 0.29) is 54.9 Å². The van der Waals surface area contributed by atoms with Gasteiger partial charge in [0.25, 0.3) is 20.2 Å². The monoisotopic (exact) mass is 838 g/mol. The molecule has 2 unspecified atom stereocenters. The first-order chi connectivity index (χ1) is 26.1. The summed E-state index contributed by atoms with van der Waals surface area (Å²) in [6.07, 6.45) is 15.1. The molecule has 6 rings (SSSR count). The van der Waals surface area contributed by atoms with Crippen LogP contribution in [0, 0.1) is 0 Å². The number of nitrogens with zero attached hydrogens (tertiary/aromatic N) is 4. The number of allylic oxidation sites excluding steroid dienone is 8. The van der Waals surface area contributed by atoms with Crippen LogP contribution in [0.4, 0.5) is 11.4 Å². The van der Waals surface area contributed by atoms with Crippen molar-refractivity contribution in [3.63, 3.8) is 0 Å². The summed E-state index contributed by atoms with van der Waals surface area (Å²) in [6.45, 7) is 0. The third-order valence-corrected chi connectivity index (χ3v) is 11.3. The lowest BCUT2D eigenvalue weighted by Gasteiger charge is -2.24. The number of aliphatic hydroxyl groups excluding tert-OH is 2. The van der Waals surface area contributed by atoms with Crippen LogP contribution in [0.1, 0.15) is 11.1 Å². The molecule has 8 N–H and O–H groups in total. The van der Waals surface area contributed by atoms with Crippen LogP contribution in [0.5, 0.6) is 0 Å². The molecule has 0 radical (unpaired) electrons. The standard InChI is InChI=1S/C34H26N6O12S4/c35-33(9-7-21-11-25(53(43)44)15-29(41)27(21)17-33)39-37-23-5-3-19(31(13-23)55(47,48)49)1-2-20-4-6-24(14-32(20)56(50,51)52)38-40-34(36)10-8-22-12-26(54(45)46)16-30(42)28(22)18-34/h1-18,41-42H,35-36H2,(H,47,48,49)(H,50,51,52). The highest BCUT2D eigenvalue weighted by molar-refractivity contribution is 7.86. The molecule has 4 aliphatic carbocycles. The maximum absolute atomic E-state index is 12.4. The summed E-state index contributed by atoms with van der Waals surface area (Å²) in [6, 6.07) is 7.00. The number of fused-ring (bicyclic) bond motifs is 2. The van der Waals surface area contributed by atoms with E-state index in [9.17, 15) is 53.0 Å². The quantitative estimate of drug-likeness (QED) is 0.0956. The van der Waals surface area contributed by atoms with Crippen LogP contribution < -0.4 is 11.5 Å². The summed E-state index contributed by atoms with van der Waals surface area (Å²) in [5.41, 5.74) is 9.84. The molecule has 0 spiro atoms. The molecule has 0 saturated carbocycles. The number of hydrogen-bond donors (Lipinski definition) is 6. The molecule has 22 heteroatoms. The summed E-state index contributed by atoms with van der Waals surface area (Å²) in [7, 11) is -15.0. The van der Waals surface area contributed by atoms with Gasteiger partial charge in [0.1, 0.15) is 21.3 Å². The average molecular weight is 839 g/mol. The van der Waals surface area contributed by atoms with Gasteiger partial charge in [0.05, 0.1) is 21.1 Å². The third kappa shape index (κ3) is 8.61. The molecule has 2 aromatic carbocycles. The van der Waals surface area contributed by atoms with E-state index in [0.29, 0.717) is 11.1 Å². The molecule has 0 amide bonds. The molecule has 0 heterocycles. The van der Waals surface area contributed by atoms with Crippen molar-refractivity contribution in [2.75, 3.05) is 0 Å². The number of hydrogen-bond acceptors (Lipinski definition) is 16. The van der Waals surface area contributed by atoms with E-state index in [2.05, 4.69) is 20.5 Å². The van der Waals surface area contributed by atoms with E-state index in [1.54, 1.807) is 0 Å². The van der Waals surface area contributed by atoms with Gasteiger partial charge in [-0.05, 0) is 83.0 Å². The van der Waals surface area contributed by atoms with Gasteiger partial charge >= 0.3 is 0 Å². The molecular weight excluding hydrogens is 813 g/mol. The predicted octanol–water partition coefficient (Wildman–Crippen LogP) is 3.69. The van der Waals surface area contributed by atoms with Crippen molar-refractivity contribution in [3.8, 4) is 0 Å². The van der Waals surface area contributed by atoms with Crippen molar-refractivity contribution < 1.29 is 53.0 Å². The zero-order valence-electron chi connectivity index (χ0n) is 28.0. The lowest BCUT2D eigenvalue weighted by molar-refractivity contribution is 0.423. The largest absolute Gasteiger partial charge is 0.507 e. The summed E-state index contributed by atoms with van der Waals surface area (Å²) >= 11 is 0. The van der Waals surface area contributed by atoms with Crippen LogP contribution >= 0.6 is 0 Å². The van der Waals surface area contributed by atoms with Crippen molar-refractivity contribution >= 4 is 74.1 Å². The van der Waals surface area contributed by atoms with Gasteiger partial charge in [-0.3, -0.25) is 20.6 Å². The van der Waals surface area contributed by atoms with Crippen LogP contribution in [0.2, 0.25) is 0 Å². The minimum Gasteiger partial charge on any atom is -0.507 e. The lowest BCUT2D eigenvalue weighted by atomic mass is 9.89. The number of azo groups is 2. The molecule has 0 aliphatic heterocycles. The second-order valence-corrected chi connectivity index (χ2v) is 16.9. The Bertz CT molecular complexity index is 2800. The van der Waals surface area contributed by atoms with Gasteiger partial charge in [0.15, 0.2) is 11.3 Å². The first-order valence-electron chi connectivity index (χ1n) is 15.5. The molecule has 288 valence electrons. The van der Waals surface area contributed by atoms with E-state index in [1.165, 1.54) is 72.9 Å². The number of aliphatic hydroxyl groups is 2. The van der Waals surface area contributed by atoms with E-state index < -0.39 is 61.9 Å². The van der Waals surface area contributed by atoms with E-state index in [4.69, 9.17) is 11.5 Å². The maximum Gasteiger partial charge on any atom is 0.295 e. The molecule has 4 aliphatic rings. The van der Waals surface area contributed by atoms with Gasteiger partial charge in [-0.1, -0.05) is 36.4 Å². The first kappa shape index (κ1) is 39.7. The van der Waals surface area contributed by atoms with Crippen molar-refractivity contribution in [3.05, 3.63) is 142 Å². The Hall–Kier alpha value is -5.98. The minimum atomic E-state index is -4.92. The zero-order chi connectivity index (χ0) is 40.8. The van der Waals surface area contributed by atoms with Crippen LogP contribution in [-0.2, 0) is 40.8 Å². The molecule has 18 nitrogen and oxygen atoms in total. The van der Waals surface area contributed by atoms with E-state index >= 15 is 0 Å². The predicted molar refractivity (Wildman–Crippen MR) is 204 cm³/mol. The molecule has 2 atom stereocenters. The highest BCUT2D eigenvalue weighted by Gasteiger charge is 2.30. The summed E-state index contributed by atoms with van der Waals surface area (Å²) in [5, 5.41) is 36.7. The van der Waals surface area contributed by atoms with Crippen molar-refractivity contribution in [2.24, 2.45) is 31.9 Å². The number of benzene rings is 2. The molecule has 56 heavy (non-hydrogen) atoms. The number of nitrogens with two attached hydrogens (primary N) is 2. The molecule has 0 fully saturated rings. The Kier molecular flexibility index (Phi) is 10.3. The summed E-state index contributed by atoms with van der Waals surface area (Å²) in [4.78, 5) is -1.62. The van der Waals surface area contributed by atoms with Gasteiger partial charge in [0, 0.05) is 23.3 Å². The summed E-state index contributed by atoms with van der Waals surface area (Å²) in [5.74, 6) is -0.770. The smallest absolute Gasteiger partial charge is 0.295 e. The first-order valence-corrected chi connectivity index (χ1v) is 20.5. The van der Waals surface area contributed by atoms with Crippen LogP contribution in [0.15, 0.2) is 161 Å². The van der Waals surface area contributed by atoms with Crippen LogP contribution in [0.25, 0.3) is 12.2 Å². The second-order valence-electron chi connectivity index (χ2n) is 12.2. The normalized spacial score (nSPS) is 22.3. The minimum absolute atomic E-state index is 0.0908. The molecular formula is C34H26N6O12S4. The molecule has 0 saturated heterocycles. The molecule has 0 aromatic heterocycles. The Labute approximate surface area is 320 Å². The van der Waals surface area contributed by atoms with Crippen molar-refractivity contribution in [1.29, 1.82) is 0 Å². The van der Waals surface area contributed by atoms with Crippen LogP contribution in [-0.4, -0.2) is 74.0 Å². The fraction of sp³-hybridized carbons (Fsp3) is 0.0588. The molecule has 0 bridgehead atoms. The Balaban J connectivity index is 1.27. The Morgan fingerprint density at radius 1 is 0.607 bits per heavy atom.